The largest absolute Gasteiger partial charge is 0.508 e. The maximum Gasteiger partial charge on any atom is 0.237 e. The van der Waals surface area contributed by atoms with Crippen molar-refractivity contribution in [2.24, 2.45) is 11.8 Å². The van der Waals surface area contributed by atoms with Crippen LogP contribution in [0.5, 0.6) is 5.75 Å². The number of nitrogens with zero attached hydrogens (tertiary/aromatic N) is 1. The molecule has 1 saturated carbocycles. The molecule has 2 unspecified atom stereocenters. The number of imide groups is 1. The summed E-state index contributed by atoms with van der Waals surface area (Å²) in [6.07, 6.45) is 3.27. The Labute approximate surface area is 109 Å². The third-order valence-electron chi connectivity index (χ3n) is 4.01. The van der Waals surface area contributed by atoms with Gasteiger partial charge in [-0.25, -0.2) is 9.29 Å². The summed E-state index contributed by atoms with van der Waals surface area (Å²) in [6.45, 7) is 0. The second kappa shape index (κ2) is 4.33. The van der Waals surface area contributed by atoms with Crippen molar-refractivity contribution >= 4 is 17.5 Å². The van der Waals surface area contributed by atoms with Crippen molar-refractivity contribution in [3.63, 3.8) is 0 Å². The van der Waals surface area contributed by atoms with Crippen molar-refractivity contribution in [1.82, 2.24) is 0 Å². The van der Waals surface area contributed by atoms with Crippen molar-refractivity contribution in [3.05, 3.63) is 24.0 Å². The van der Waals surface area contributed by atoms with Gasteiger partial charge in [-0.2, -0.15) is 0 Å². The number of hydrogen-bond acceptors (Lipinski definition) is 3. The van der Waals surface area contributed by atoms with E-state index in [-0.39, 0.29) is 35.1 Å². The van der Waals surface area contributed by atoms with Crippen molar-refractivity contribution in [2.75, 3.05) is 4.90 Å². The van der Waals surface area contributed by atoms with Crippen LogP contribution >= 0.6 is 0 Å². The summed E-state index contributed by atoms with van der Waals surface area (Å²) in [5, 5.41) is 9.19. The number of fused-ring (bicyclic) bond motifs is 1. The number of phenols is 1. The van der Waals surface area contributed by atoms with Crippen molar-refractivity contribution in [3.8, 4) is 5.75 Å². The second-order valence-electron chi connectivity index (χ2n) is 5.15. The number of benzene rings is 1. The summed E-state index contributed by atoms with van der Waals surface area (Å²) in [5.41, 5.74) is -0.0535. The molecule has 3 rings (SSSR count). The molecule has 5 heteroatoms. The number of phenolic OH excluding ortho intramolecular Hbond substituents is 1. The lowest BCUT2D eigenvalue weighted by atomic mass is 9.81. The number of halogens is 1. The molecule has 1 aromatic carbocycles. The number of amides is 2. The van der Waals surface area contributed by atoms with Gasteiger partial charge in [-0.15, -0.1) is 0 Å². The predicted molar refractivity (Wildman–Crippen MR) is 66.0 cm³/mol. The second-order valence-corrected chi connectivity index (χ2v) is 5.15. The minimum Gasteiger partial charge on any atom is -0.508 e. The molecule has 100 valence electrons. The average molecular weight is 263 g/mol. The highest BCUT2D eigenvalue weighted by molar-refractivity contribution is 6.22. The van der Waals surface area contributed by atoms with Gasteiger partial charge in [-0.05, 0) is 25.0 Å². The maximum absolute atomic E-state index is 13.8. The summed E-state index contributed by atoms with van der Waals surface area (Å²) in [4.78, 5) is 25.5. The molecule has 1 heterocycles. The first-order chi connectivity index (χ1) is 9.09. The Bertz CT molecular complexity index is 534. The molecular weight excluding hydrogens is 249 g/mol. The zero-order valence-electron chi connectivity index (χ0n) is 10.3. The lowest BCUT2D eigenvalue weighted by Crippen LogP contribution is -2.31. The third-order valence-corrected chi connectivity index (χ3v) is 4.01. The highest BCUT2D eigenvalue weighted by atomic mass is 19.1. The normalized spacial score (nSPS) is 26.7. The van der Waals surface area contributed by atoms with Crippen LogP contribution in [0.2, 0.25) is 0 Å². The summed E-state index contributed by atoms with van der Waals surface area (Å²) in [5.74, 6) is -2.18. The number of carbonyl (C=O) groups is 2. The van der Waals surface area contributed by atoms with Crippen LogP contribution in [0, 0.1) is 17.7 Å². The standard InChI is InChI=1S/C14H14FNO3/c15-11-7-8(17)5-6-12(11)16-13(18)9-3-1-2-4-10(9)14(16)19/h5-7,9-10,17H,1-4H2. The Morgan fingerprint density at radius 3 is 2.21 bits per heavy atom. The lowest BCUT2D eigenvalue weighted by Gasteiger charge is -2.19. The van der Waals surface area contributed by atoms with Crippen LogP contribution in [-0.2, 0) is 9.59 Å². The summed E-state index contributed by atoms with van der Waals surface area (Å²) in [7, 11) is 0. The van der Waals surface area contributed by atoms with Gasteiger partial charge in [0.15, 0.2) is 5.82 Å². The molecule has 1 aliphatic carbocycles. The van der Waals surface area contributed by atoms with E-state index in [1.807, 2.05) is 0 Å². The minimum atomic E-state index is -0.750. The van der Waals surface area contributed by atoms with E-state index >= 15 is 0 Å². The molecule has 0 aromatic heterocycles. The van der Waals surface area contributed by atoms with E-state index in [2.05, 4.69) is 0 Å². The quantitative estimate of drug-likeness (QED) is 0.790. The van der Waals surface area contributed by atoms with E-state index in [0.717, 1.165) is 23.8 Å². The zero-order valence-corrected chi connectivity index (χ0v) is 10.3. The van der Waals surface area contributed by atoms with E-state index in [1.165, 1.54) is 12.1 Å². The molecule has 0 radical (unpaired) electrons. The first-order valence-electron chi connectivity index (χ1n) is 6.46. The first kappa shape index (κ1) is 12.1. The van der Waals surface area contributed by atoms with Gasteiger partial charge in [-0.1, -0.05) is 12.8 Å². The number of hydrogen-bond donors (Lipinski definition) is 1. The van der Waals surface area contributed by atoms with Gasteiger partial charge in [0, 0.05) is 6.07 Å². The first-order valence-corrected chi connectivity index (χ1v) is 6.46. The number of rotatable bonds is 1. The Hall–Kier alpha value is -1.91. The molecule has 2 amide bonds. The van der Waals surface area contributed by atoms with Gasteiger partial charge in [0.05, 0.1) is 17.5 Å². The van der Waals surface area contributed by atoms with Crippen molar-refractivity contribution < 1.29 is 19.1 Å². The summed E-state index contributed by atoms with van der Waals surface area (Å²) >= 11 is 0. The molecule has 0 bridgehead atoms. The average Bonchev–Trinajstić information content (AvgIpc) is 2.64. The third kappa shape index (κ3) is 1.80. The molecule has 0 spiro atoms. The molecule has 2 aliphatic rings. The van der Waals surface area contributed by atoms with Gasteiger partial charge in [0.1, 0.15) is 5.75 Å². The zero-order chi connectivity index (χ0) is 13.6. The fraction of sp³-hybridized carbons (Fsp3) is 0.429. The molecule has 1 saturated heterocycles. The Morgan fingerprint density at radius 1 is 1.11 bits per heavy atom. The van der Waals surface area contributed by atoms with E-state index in [1.54, 1.807) is 0 Å². The van der Waals surface area contributed by atoms with E-state index in [9.17, 15) is 19.1 Å². The lowest BCUT2D eigenvalue weighted by molar-refractivity contribution is -0.122. The Morgan fingerprint density at radius 2 is 1.68 bits per heavy atom. The molecule has 2 atom stereocenters. The van der Waals surface area contributed by atoms with Crippen molar-refractivity contribution in [1.29, 1.82) is 0 Å². The number of anilines is 1. The van der Waals surface area contributed by atoms with Gasteiger partial charge in [-0.3, -0.25) is 9.59 Å². The molecular formula is C14H14FNO3. The highest BCUT2D eigenvalue weighted by Crippen LogP contribution is 2.40. The SMILES string of the molecule is O=C1C2CCCCC2C(=O)N1c1ccc(O)cc1F. The molecule has 19 heavy (non-hydrogen) atoms. The van der Waals surface area contributed by atoms with E-state index in [0.29, 0.717) is 12.8 Å². The molecule has 2 fully saturated rings. The fourth-order valence-electron chi connectivity index (χ4n) is 3.08. The minimum absolute atomic E-state index is 0.0535. The van der Waals surface area contributed by atoms with Crippen LogP contribution in [-0.4, -0.2) is 16.9 Å². The van der Waals surface area contributed by atoms with Crippen LogP contribution in [0.15, 0.2) is 18.2 Å². The van der Waals surface area contributed by atoms with E-state index in [4.69, 9.17) is 0 Å². The maximum atomic E-state index is 13.8. The smallest absolute Gasteiger partial charge is 0.237 e. The summed E-state index contributed by atoms with van der Waals surface area (Å²) in [6, 6.07) is 3.47. The molecule has 1 aliphatic heterocycles. The van der Waals surface area contributed by atoms with Gasteiger partial charge < -0.3 is 5.11 Å². The number of carbonyl (C=O) groups excluding carboxylic acids is 2. The van der Waals surface area contributed by atoms with Gasteiger partial charge in [0.25, 0.3) is 0 Å². The van der Waals surface area contributed by atoms with Gasteiger partial charge in [0.2, 0.25) is 11.8 Å². The van der Waals surface area contributed by atoms with Crippen LogP contribution in [0.3, 0.4) is 0 Å². The Balaban J connectivity index is 2.00. The summed E-state index contributed by atoms with van der Waals surface area (Å²) < 4.78 is 13.8. The van der Waals surface area contributed by atoms with Gasteiger partial charge >= 0.3 is 0 Å². The van der Waals surface area contributed by atoms with Crippen LogP contribution < -0.4 is 4.90 Å². The predicted octanol–water partition coefficient (Wildman–Crippen LogP) is 2.21. The molecule has 4 nitrogen and oxygen atoms in total. The van der Waals surface area contributed by atoms with Crippen molar-refractivity contribution in [2.45, 2.75) is 25.7 Å². The number of aromatic hydroxyl groups is 1. The Kier molecular flexibility index (Phi) is 2.77. The fourth-order valence-corrected chi connectivity index (χ4v) is 3.08. The monoisotopic (exact) mass is 263 g/mol. The van der Waals surface area contributed by atoms with E-state index < -0.39 is 5.82 Å². The molecule has 1 N–H and O–H groups in total. The van der Waals surface area contributed by atoms with Crippen LogP contribution in [0.25, 0.3) is 0 Å². The molecule has 1 aromatic rings. The van der Waals surface area contributed by atoms with Crippen LogP contribution in [0.1, 0.15) is 25.7 Å². The topological polar surface area (TPSA) is 57.6 Å². The van der Waals surface area contributed by atoms with Crippen LogP contribution in [0.4, 0.5) is 10.1 Å². The highest BCUT2D eigenvalue weighted by Gasteiger charge is 2.49.